The maximum Gasteiger partial charge on any atom is 0.330 e. The molecule has 0 radical (unpaired) electrons. The van der Waals surface area contributed by atoms with Crippen LogP contribution in [0, 0.1) is 0 Å². The van der Waals surface area contributed by atoms with Gasteiger partial charge in [-0.1, -0.05) is 24.8 Å². The minimum absolute atomic E-state index is 0.0465. The number of esters is 1. The molecule has 0 aliphatic rings. The van der Waals surface area contributed by atoms with Crippen molar-refractivity contribution in [2.24, 2.45) is 0 Å². The molecule has 0 saturated carbocycles. The van der Waals surface area contributed by atoms with E-state index in [1.54, 1.807) is 24.3 Å². The Bertz CT molecular complexity index is 416. The van der Waals surface area contributed by atoms with Crippen LogP contribution in [0.3, 0.4) is 0 Å². The first-order chi connectivity index (χ1) is 8.41. The van der Waals surface area contributed by atoms with Crippen molar-refractivity contribution >= 4 is 39.6 Å². The first-order valence-corrected chi connectivity index (χ1v) is 8.38. The summed E-state index contributed by atoms with van der Waals surface area (Å²) in [6, 6.07) is 8.58. The third-order valence-corrected chi connectivity index (χ3v) is 3.63. The molecular weight excluding hydrogens is 298 g/mol. The van der Waals surface area contributed by atoms with E-state index in [0.29, 0.717) is 5.30 Å². The van der Waals surface area contributed by atoms with Gasteiger partial charge in [0.2, 0.25) is 0 Å². The number of rotatable bonds is 4. The highest BCUT2D eigenvalue weighted by molar-refractivity contribution is 8.13. The summed E-state index contributed by atoms with van der Waals surface area (Å²) in [6.07, 6.45) is 1.05. The zero-order chi connectivity index (χ0) is 14.0. The minimum Gasteiger partial charge on any atom is -0.460 e. The van der Waals surface area contributed by atoms with E-state index in [2.05, 4.69) is 11.3 Å². The second kappa shape index (κ2) is 9.17. The summed E-state index contributed by atoms with van der Waals surface area (Å²) < 4.78 is 15.3. The predicted octanol–water partition coefficient (Wildman–Crippen LogP) is 2.69. The van der Waals surface area contributed by atoms with Crippen molar-refractivity contribution in [3.63, 3.8) is 0 Å². The standard InChI is InChI=1S/C6H5Cl2OP.C5H8O3/c7-10(8,9)6-4-2-1-3-5-6;1-2-5(7)8-4-3-6/h1-5H;2,6H,1,3-4H2. The molecule has 0 bridgehead atoms. The Kier molecular flexibility index (Phi) is 8.77. The molecule has 18 heavy (non-hydrogen) atoms. The Morgan fingerprint density at radius 2 is 1.94 bits per heavy atom. The van der Waals surface area contributed by atoms with Crippen molar-refractivity contribution in [2.75, 3.05) is 13.2 Å². The van der Waals surface area contributed by atoms with E-state index in [1.807, 2.05) is 6.07 Å². The number of carbonyl (C=O) groups is 1. The number of ether oxygens (including phenoxy) is 1. The monoisotopic (exact) mass is 310 g/mol. The van der Waals surface area contributed by atoms with Crippen LogP contribution in [0.15, 0.2) is 43.0 Å². The Morgan fingerprint density at radius 3 is 2.28 bits per heavy atom. The largest absolute Gasteiger partial charge is 0.460 e. The lowest BCUT2D eigenvalue weighted by Crippen LogP contribution is -2.04. The molecule has 0 fully saturated rings. The Labute approximate surface area is 115 Å². The van der Waals surface area contributed by atoms with Gasteiger partial charge in [-0.3, -0.25) is 4.57 Å². The van der Waals surface area contributed by atoms with Crippen LogP contribution in [0.25, 0.3) is 0 Å². The molecule has 7 heteroatoms. The first-order valence-electron chi connectivity index (χ1n) is 4.87. The lowest BCUT2D eigenvalue weighted by Gasteiger charge is -1.98. The van der Waals surface area contributed by atoms with Crippen LogP contribution < -0.4 is 5.30 Å². The van der Waals surface area contributed by atoms with Crippen molar-refractivity contribution in [1.82, 2.24) is 0 Å². The van der Waals surface area contributed by atoms with Gasteiger partial charge in [-0.25, -0.2) is 4.79 Å². The van der Waals surface area contributed by atoms with Crippen LogP contribution in [0.5, 0.6) is 0 Å². The molecule has 0 unspecified atom stereocenters. The van der Waals surface area contributed by atoms with Crippen LogP contribution in [0.4, 0.5) is 0 Å². The van der Waals surface area contributed by atoms with Crippen LogP contribution in [0.1, 0.15) is 0 Å². The van der Waals surface area contributed by atoms with E-state index in [1.165, 1.54) is 0 Å². The average molecular weight is 311 g/mol. The van der Waals surface area contributed by atoms with Crippen molar-refractivity contribution in [2.45, 2.75) is 0 Å². The van der Waals surface area contributed by atoms with Crippen molar-refractivity contribution < 1.29 is 19.2 Å². The van der Waals surface area contributed by atoms with E-state index >= 15 is 0 Å². The first kappa shape index (κ1) is 17.2. The highest BCUT2D eigenvalue weighted by Gasteiger charge is 2.15. The van der Waals surface area contributed by atoms with E-state index in [-0.39, 0.29) is 13.2 Å². The summed E-state index contributed by atoms with van der Waals surface area (Å²) in [5.41, 5.74) is 0. The summed E-state index contributed by atoms with van der Waals surface area (Å²) in [5, 5.41) is 8.58. The van der Waals surface area contributed by atoms with Crippen molar-refractivity contribution in [3.8, 4) is 0 Å². The number of benzene rings is 1. The average Bonchev–Trinajstić information content (AvgIpc) is 2.36. The normalized spacial score (nSPS) is 9.94. The topological polar surface area (TPSA) is 63.6 Å². The molecular formula is C11H13Cl2O4P. The lowest BCUT2D eigenvalue weighted by molar-refractivity contribution is -0.138. The zero-order valence-electron chi connectivity index (χ0n) is 9.46. The maximum absolute atomic E-state index is 10.9. The van der Waals surface area contributed by atoms with Gasteiger partial charge in [0.1, 0.15) is 6.61 Å². The zero-order valence-corrected chi connectivity index (χ0v) is 11.9. The van der Waals surface area contributed by atoms with Crippen molar-refractivity contribution in [3.05, 3.63) is 43.0 Å². The number of hydrogen-bond donors (Lipinski definition) is 1. The lowest BCUT2D eigenvalue weighted by atomic mass is 10.4. The van der Waals surface area contributed by atoms with Gasteiger partial charge in [0, 0.05) is 11.4 Å². The van der Waals surface area contributed by atoms with Gasteiger partial charge in [0.05, 0.1) is 6.61 Å². The number of halogens is 2. The molecule has 0 aromatic heterocycles. The van der Waals surface area contributed by atoms with Gasteiger partial charge >= 0.3 is 5.97 Å². The molecule has 1 rings (SSSR count). The summed E-state index contributed by atoms with van der Waals surface area (Å²) in [7, 11) is 0. The predicted molar refractivity (Wildman–Crippen MR) is 73.6 cm³/mol. The number of aliphatic hydroxyl groups is 1. The van der Waals surface area contributed by atoms with E-state index in [4.69, 9.17) is 27.6 Å². The number of aliphatic hydroxyl groups excluding tert-OH is 1. The molecule has 100 valence electrons. The van der Waals surface area contributed by atoms with E-state index in [9.17, 15) is 9.36 Å². The van der Waals surface area contributed by atoms with E-state index in [0.717, 1.165) is 6.08 Å². The molecule has 0 atom stereocenters. The fourth-order valence-electron chi connectivity index (χ4n) is 0.807. The Balaban J connectivity index is 0.000000331. The van der Waals surface area contributed by atoms with Crippen LogP contribution in [-0.2, 0) is 14.1 Å². The van der Waals surface area contributed by atoms with Gasteiger partial charge in [0.15, 0.2) is 0 Å². The molecule has 1 N–H and O–H groups in total. The molecule has 0 aliphatic heterocycles. The summed E-state index contributed by atoms with van der Waals surface area (Å²) >= 11 is 10.8. The molecule has 1 aromatic rings. The van der Waals surface area contributed by atoms with Gasteiger partial charge < -0.3 is 9.84 Å². The maximum atomic E-state index is 10.9. The second-order valence-electron chi connectivity index (χ2n) is 2.89. The summed E-state index contributed by atoms with van der Waals surface area (Å²) in [6.45, 7) is 3.06. The molecule has 0 amide bonds. The molecule has 0 heterocycles. The molecule has 0 spiro atoms. The van der Waals surface area contributed by atoms with E-state index < -0.39 is 11.8 Å². The molecule has 4 nitrogen and oxygen atoms in total. The minimum atomic E-state index is -3.07. The third-order valence-electron chi connectivity index (χ3n) is 1.56. The molecule has 0 saturated heterocycles. The van der Waals surface area contributed by atoms with Crippen molar-refractivity contribution in [1.29, 1.82) is 0 Å². The van der Waals surface area contributed by atoms with Crippen LogP contribution >= 0.6 is 28.3 Å². The van der Waals surface area contributed by atoms with Crippen LogP contribution in [-0.4, -0.2) is 24.3 Å². The summed E-state index contributed by atoms with van der Waals surface area (Å²) in [4.78, 5) is 10.1. The Morgan fingerprint density at radius 1 is 1.39 bits per heavy atom. The van der Waals surface area contributed by atoms with Crippen LogP contribution in [0.2, 0.25) is 0 Å². The summed E-state index contributed by atoms with van der Waals surface area (Å²) in [5.74, 6) is -3.57. The third kappa shape index (κ3) is 8.31. The highest BCUT2D eigenvalue weighted by Crippen LogP contribution is 2.54. The Hall–Kier alpha value is -0.800. The quantitative estimate of drug-likeness (QED) is 0.527. The highest BCUT2D eigenvalue weighted by atomic mass is 35.9. The van der Waals surface area contributed by atoms with Gasteiger partial charge in [-0.2, -0.15) is 0 Å². The molecule has 0 aliphatic carbocycles. The second-order valence-corrected chi connectivity index (χ2v) is 7.71. The van der Waals surface area contributed by atoms with Gasteiger partial charge in [-0.15, -0.1) is 0 Å². The number of hydrogen-bond acceptors (Lipinski definition) is 4. The smallest absolute Gasteiger partial charge is 0.330 e. The fraction of sp³-hybridized carbons (Fsp3) is 0.182. The van der Waals surface area contributed by atoms with Gasteiger partial charge in [0.25, 0.3) is 5.85 Å². The van der Waals surface area contributed by atoms with Gasteiger partial charge in [-0.05, 0) is 34.6 Å². The fourth-order valence-corrected chi connectivity index (χ4v) is 2.00. The number of carbonyl (C=O) groups excluding carboxylic acids is 1. The SMILES string of the molecule is C=CC(=O)OCCO.O=P(Cl)(Cl)c1ccccc1. The molecule has 1 aromatic carbocycles.